The summed E-state index contributed by atoms with van der Waals surface area (Å²) in [5.74, 6) is 0. The Morgan fingerprint density at radius 3 is 1.09 bits per heavy atom. The highest BCUT2D eigenvalue weighted by atomic mass is 15.2. The van der Waals surface area contributed by atoms with Crippen LogP contribution in [0.1, 0.15) is 22.3 Å². The molecule has 1 spiro atoms. The predicted molar refractivity (Wildman–Crippen MR) is 276 cm³/mol. The quantitative estimate of drug-likeness (QED) is 0.158. The lowest BCUT2D eigenvalue weighted by atomic mass is 9.64. The van der Waals surface area contributed by atoms with E-state index < -0.39 is 5.41 Å². The zero-order valence-corrected chi connectivity index (χ0v) is 36.2. The van der Waals surface area contributed by atoms with E-state index >= 15 is 0 Å². The van der Waals surface area contributed by atoms with Gasteiger partial charge in [0.2, 0.25) is 0 Å². The van der Waals surface area contributed by atoms with Crippen LogP contribution in [0.5, 0.6) is 0 Å². The zero-order chi connectivity index (χ0) is 43.6. The number of rotatable bonds is 7. The molecule has 1 aliphatic heterocycles. The van der Waals surface area contributed by atoms with Gasteiger partial charge in [-0.15, -0.1) is 0 Å². The maximum absolute atomic E-state index is 2.49. The molecule has 0 saturated carbocycles. The van der Waals surface area contributed by atoms with Crippen molar-refractivity contribution in [2.45, 2.75) is 5.41 Å². The summed E-state index contributed by atoms with van der Waals surface area (Å²) < 4.78 is 0. The van der Waals surface area contributed by atoms with E-state index in [1.54, 1.807) is 0 Å². The molecule has 66 heavy (non-hydrogen) atoms. The number of benzene rings is 11. The first-order chi connectivity index (χ1) is 32.7. The van der Waals surface area contributed by atoms with Crippen LogP contribution < -0.4 is 14.7 Å². The van der Waals surface area contributed by atoms with E-state index in [1.807, 2.05) is 0 Å². The molecule has 0 fully saturated rings. The monoisotopic (exact) mass is 841 g/mol. The Kier molecular flexibility index (Phi) is 8.75. The summed E-state index contributed by atoms with van der Waals surface area (Å²) in [7, 11) is 0. The van der Waals surface area contributed by atoms with E-state index in [4.69, 9.17) is 0 Å². The third kappa shape index (κ3) is 5.84. The van der Waals surface area contributed by atoms with E-state index in [2.05, 4.69) is 276 Å². The molecule has 1 heterocycles. The number of para-hydroxylation sites is 5. The summed E-state index contributed by atoms with van der Waals surface area (Å²) in [6, 6.07) is 95.9. The van der Waals surface area contributed by atoms with Gasteiger partial charge in [-0.1, -0.05) is 164 Å². The number of hydrogen-bond acceptors (Lipinski definition) is 3. The first-order valence-electron chi connectivity index (χ1n) is 22.8. The van der Waals surface area contributed by atoms with Crippen LogP contribution >= 0.6 is 0 Å². The second-order valence-electron chi connectivity index (χ2n) is 17.3. The lowest BCUT2D eigenvalue weighted by Crippen LogP contribution is -2.36. The summed E-state index contributed by atoms with van der Waals surface area (Å²) in [6.07, 6.45) is 0. The molecule has 0 bridgehead atoms. The van der Waals surface area contributed by atoms with Gasteiger partial charge in [-0.25, -0.2) is 0 Å². The molecular weight excluding hydrogens is 799 g/mol. The van der Waals surface area contributed by atoms with Crippen molar-refractivity contribution in [2.24, 2.45) is 0 Å². The minimum Gasteiger partial charge on any atom is -0.310 e. The second-order valence-corrected chi connectivity index (χ2v) is 17.3. The van der Waals surface area contributed by atoms with E-state index in [-0.39, 0.29) is 0 Å². The Hall–Kier alpha value is -8.66. The topological polar surface area (TPSA) is 9.72 Å². The Bertz CT molecular complexity index is 3400. The third-order valence-corrected chi connectivity index (χ3v) is 13.7. The van der Waals surface area contributed by atoms with E-state index in [1.165, 1.54) is 66.3 Å². The Morgan fingerprint density at radius 2 is 0.621 bits per heavy atom. The summed E-state index contributed by atoms with van der Waals surface area (Å²) in [4.78, 5) is 7.29. The maximum atomic E-state index is 2.49. The molecule has 2 aliphatic rings. The molecule has 0 aromatic heterocycles. The Morgan fingerprint density at radius 1 is 0.258 bits per heavy atom. The van der Waals surface area contributed by atoms with Crippen molar-refractivity contribution in [3.8, 4) is 11.1 Å². The molecular formula is C63H43N3. The van der Waals surface area contributed by atoms with Gasteiger partial charge in [0.15, 0.2) is 0 Å². The first kappa shape index (κ1) is 37.9. The van der Waals surface area contributed by atoms with Gasteiger partial charge in [0.05, 0.1) is 16.8 Å². The second kappa shape index (κ2) is 15.3. The minimum atomic E-state index is -0.688. The average molecular weight is 842 g/mol. The van der Waals surface area contributed by atoms with E-state index in [0.717, 1.165) is 39.8 Å². The van der Waals surface area contributed by atoms with Crippen LogP contribution in [0, 0.1) is 0 Å². The van der Waals surface area contributed by atoms with Crippen molar-refractivity contribution in [1.82, 2.24) is 0 Å². The highest BCUT2D eigenvalue weighted by Gasteiger charge is 2.52. The van der Waals surface area contributed by atoms with Gasteiger partial charge in [0.1, 0.15) is 0 Å². The fourth-order valence-electron chi connectivity index (χ4n) is 10.9. The SMILES string of the molecule is c1ccc(N(c2ccc3c(c2)C2(c4cc(N(c5ccccc5)c5ccc6ccccc6c5)ccc4-3)c3ccccc3N(c3ccccc3)c3ccccc32)c2ccc3ccccc3c2)cc1. The van der Waals surface area contributed by atoms with Gasteiger partial charge >= 0.3 is 0 Å². The summed E-state index contributed by atoms with van der Waals surface area (Å²) in [5, 5.41) is 4.86. The summed E-state index contributed by atoms with van der Waals surface area (Å²) >= 11 is 0. The highest BCUT2D eigenvalue weighted by Crippen LogP contribution is 2.64. The molecule has 0 amide bonds. The minimum absolute atomic E-state index is 0.688. The van der Waals surface area contributed by atoms with Gasteiger partial charge in [-0.3, -0.25) is 0 Å². The molecule has 310 valence electrons. The number of anilines is 9. The van der Waals surface area contributed by atoms with Crippen LogP contribution in [0.3, 0.4) is 0 Å². The molecule has 0 saturated heterocycles. The molecule has 1 aliphatic carbocycles. The van der Waals surface area contributed by atoms with Crippen molar-refractivity contribution in [3.05, 3.63) is 283 Å². The van der Waals surface area contributed by atoms with Crippen LogP contribution in [0.2, 0.25) is 0 Å². The Balaban J connectivity index is 1.10. The van der Waals surface area contributed by atoms with Crippen LogP contribution in [-0.2, 0) is 5.41 Å². The average Bonchev–Trinajstić information content (AvgIpc) is 3.66. The smallest absolute Gasteiger partial charge is 0.0755 e. The number of fused-ring (bicyclic) bond motifs is 11. The molecule has 3 nitrogen and oxygen atoms in total. The van der Waals surface area contributed by atoms with Crippen LogP contribution in [0.15, 0.2) is 261 Å². The van der Waals surface area contributed by atoms with Gasteiger partial charge in [0.25, 0.3) is 0 Å². The number of nitrogens with zero attached hydrogens (tertiary/aromatic N) is 3. The largest absolute Gasteiger partial charge is 0.310 e. The van der Waals surface area contributed by atoms with Crippen molar-refractivity contribution in [2.75, 3.05) is 14.7 Å². The normalized spacial score (nSPS) is 12.9. The molecule has 0 unspecified atom stereocenters. The van der Waals surface area contributed by atoms with Crippen LogP contribution in [0.25, 0.3) is 32.7 Å². The van der Waals surface area contributed by atoms with Gasteiger partial charge < -0.3 is 14.7 Å². The van der Waals surface area contributed by atoms with Crippen molar-refractivity contribution in [3.63, 3.8) is 0 Å². The molecule has 11 aromatic carbocycles. The molecule has 13 rings (SSSR count). The van der Waals surface area contributed by atoms with E-state index in [9.17, 15) is 0 Å². The molecule has 0 radical (unpaired) electrons. The van der Waals surface area contributed by atoms with E-state index in [0.29, 0.717) is 0 Å². The van der Waals surface area contributed by atoms with Gasteiger partial charge in [-0.05, 0) is 152 Å². The third-order valence-electron chi connectivity index (χ3n) is 13.7. The fraction of sp³-hybridized carbons (Fsp3) is 0.0159. The molecule has 11 aromatic rings. The van der Waals surface area contributed by atoms with Crippen molar-refractivity contribution < 1.29 is 0 Å². The van der Waals surface area contributed by atoms with Gasteiger partial charge in [-0.2, -0.15) is 0 Å². The zero-order valence-electron chi connectivity index (χ0n) is 36.2. The molecule has 0 N–H and O–H groups in total. The first-order valence-corrected chi connectivity index (χ1v) is 22.8. The molecule has 3 heteroatoms. The fourth-order valence-corrected chi connectivity index (χ4v) is 10.9. The Labute approximate surface area is 385 Å². The van der Waals surface area contributed by atoms with Crippen LogP contribution in [0.4, 0.5) is 51.2 Å². The lowest BCUT2D eigenvalue weighted by Gasteiger charge is -2.45. The standard InChI is InChI=1S/C63H43N3/c1-4-22-48(23-5-1)64(51-34-32-44-18-10-12-20-46(44)40-51)53-36-38-55-56-39-37-54(65(49-24-6-2-7-25-49)52-35-33-45-19-11-13-21-47(45)41-52)43-60(56)63(59(55)42-53)57-28-14-16-30-61(57)66(50-26-8-3-9-27-50)62-31-17-15-29-58(62)63/h1-43H. The molecule has 0 atom stereocenters. The van der Waals surface area contributed by atoms with Crippen molar-refractivity contribution >= 4 is 72.7 Å². The predicted octanol–water partition coefficient (Wildman–Crippen LogP) is 17.1. The lowest BCUT2D eigenvalue weighted by molar-refractivity contribution is 0.752. The van der Waals surface area contributed by atoms with Crippen LogP contribution in [-0.4, -0.2) is 0 Å². The highest BCUT2D eigenvalue weighted by molar-refractivity contribution is 5.99. The number of hydrogen-bond donors (Lipinski definition) is 0. The summed E-state index contributed by atoms with van der Waals surface area (Å²) in [6.45, 7) is 0. The maximum Gasteiger partial charge on any atom is 0.0755 e. The van der Waals surface area contributed by atoms with Gasteiger partial charge in [0, 0.05) is 39.8 Å². The van der Waals surface area contributed by atoms with Crippen molar-refractivity contribution in [1.29, 1.82) is 0 Å². The summed E-state index contributed by atoms with van der Waals surface area (Å²) in [5.41, 5.74) is 16.9.